The van der Waals surface area contributed by atoms with Gasteiger partial charge in [-0.05, 0) is 0 Å². The van der Waals surface area contributed by atoms with Gasteiger partial charge in [0, 0.05) is 0 Å². The van der Waals surface area contributed by atoms with Crippen molar-refractivity contribution < 1.29 is 0 Å². The molecule has 0 unspecified atom stereocenters. The Balaban J connectivity index is 1.22. The van der Waals surface area contributed by atoms with Gasteiger partial charge >= 0.3 is 242 Å². The summed E-state index contributed by atoms with van der Waals surface area (Å²) in [6.45, 7) is 4.61. The molecule has 6 aromatic carbocycles. The molecule has 2 heterocycles. The summed E-state index contributed by atoms with van der Waals surface area (Å²) < 4.78 is 2.47. The molecule has 218 valence electrons. The minimum atomic E-state index is -0.0547. The van der Waals surface area contributed by atoms with Gasteiger partial charge in [0.05, 0.1) is 0 Å². The van der Waals surface area contributed by atoms with E-state index >= 15 is 0 Å². The predicted octanol–water partition coefficient (Wildman–Crippen LogP) is 9.60. The molecule has 2 aromatic heterocycles. The normalized spacial score (nSPS) is 13.2. The number of benzene rings is 6. The van der Waals surface area contributed by atoms with Crippen molar-refractivity contribution in [3.05, 3.63) is 145 Å². The fourth-order valence-electron chi connectivity index (χ4n) is 6.76. The van der Waals surface area contributed by atoms with Crippen molar-refractivity contribution in [3.8, 4) is 55.4 Å². The van der Waals surface area contributed by atoms with Crippen LogP contribution in [0.3, 0.4) is 0 Å². The number of rotatable bonds is 4. The molecule has 5 heteroatoms. The average molecular weight is 656 g/mol. The van der Waals surface area contributed by atoms with Crippen LogP contribution < -0.4 is 0 Å². The van der Waals surface area contributed by atoms with E-state index in [1.807, 2.05) is 18.2 Å². The van der Waals surface area contributed by atoms with Crippen molar-refractivity contribution in [1.29, 1.82) is 0 Å². The zero-order valence-corrected chi connectivity index (χ0v) is 27.1. The molecule has 0 atom stereocenters. The summed E-state index contributed by atoms with van der Waals surface area (Å²) in [4.78, 5) is 20.3. The molecule has 0 N–H and O–H groups in total. The Morgan fingerprint density at radius 2 is 1.07 bits per heavy atom. The first-order valence-corrected chi connectivity index (χ1v) is 17.2. The molecule has 0 bridgehead atoms. The summed E-state index contributed by atoms with van der Waals surface area (Å²) >= 11 is 0.1000. The fraction of sp³-hybridized carbons (Fsp3) is 0.0732. The van der Waals surface area contributed by atoms with Crippen LogP contribution in [0.5, 0.6) is 0 Å². The predicted molar refractivity (Wildman–Crippen MR) is 189 cm³/mol. The van der Waals surface area contributed by atoms with E-state index in [0.717, 1.165) is 26.8 Å². The van der Waals surface area contributed by atoms with Crippen LogP contribution in [0.15, 0.2) is 133 Å². The molecule has 9 rings (SSSR count). The van der Waals surface area contributed by atoms with Gasteiger partial charge in [-0.3, -0.25) is 0 Å². The summed E-state index contributed by atoms with van der Waals surface area (Å²) in [6, 6.07) is 47.0. The Labute approximate surface area is 273 Å². The zero-order chi connectivity index (χ0) is 30.8. The van der Waals surface area contributed by atoms with Gasteiger partial charge in [0.1, 0.15) is 0 Å². The summed E-state index contributed by atoms with van der Waals surface area (Å²) in [5, 5.41) is 2.41. The van der Waals surface area contributed by atoms with Crippen molar-refractivity contribution in [2.75, 3.05) is 0 Å². The van der Waals surface area contributed by atoms with Gasteiger partial charge in [-0.2, -0.15) is 0 Å². The van der Waals surface area contributed by atoms with Crippen LogP contribution in [0.2, 0.25) is 0 Å². The van der Waals surface area contributed by atoms with Gasteiger partial charge in [0.2, 0.25) is 0 Å². The number of hydrogen-bond donors (Lipinski definition) is 0. The van der Waals surface area contributed by atoms with Gasteiger partial charge in [-0.25, -0.2) is 0 Å². The fourth-order valence-corrected chi connectivity index (χ4v) is 9.06. The van der Waals surface area contributed by atoms with E-state index in [0.29, 0.717) is 17.5 Å². The van der Waals surface area contributed by atoms with Gasteiger partial charge in [0.25, 0.3) is 0 Å². The first-order chi connectivity index (χ1) is 22.5. The summed E-state index contributed by atoms with van der Waals surface area (Å²) in [5.41, 5.74) is 10.3. The van der Waals surface area contributed by atoms with Crippen LogP contribution in [-0.2, 0) is 5.41 Å². The first kappa shape index (κ1) is 27.1. The average Bonchev–Trinajstić information content (AvgIpc) is 3.66. The number of aromatic nitrogens is 4. The summed E-state index contributed by atoms with van der Waals surface area (Å²) in [7, 11) is 0. The molecular formula is C41H28N4Se. The second kappa shape index (κ2) is 10.4. The van der Waals surface area contributed by atoms with Crippen molar-refractivity contribution in [1.82, 2.24) is 19.9 Å². The molecule has 1 aliphatic rings. The molecule has 0 amide bonds. The van der Waals surface area contributed by atoms with E-state index in [4.69, 9.17) is 19.9 Å². The third-order valence-corrected chi connectivity index (χ3v) is 11.6. The minimum absolute atomic E-state index is 0.0547. The second-order valence-electron chi connectivity index (χ2n) is 12.3. The Bertz CT molecular complexity index is 2450. The van der Waals surface area contributed by atoms with Crippen molar-refractivity contribution in [2.24, 2.45) is 0 Å². The number of fused-ring (bicyclic) bond motifs is 6. The molecular weight excluding hydrogens is 627 g/mol. The van der Waals surface area contributed by atoms with E-state index in [1.165, 1.54) is 42.8 Å². The third-order valence-electron chi connectivity index (χ3n) is 9.16. The van der Waals surface area contributed by atoms with E-state index in [1.54, 1.807) is 0 Å². The Kier molecular flexibility index (Phi) is 6.14. The van der Waals surface area contributed by atoms with Crippen molar-refractivity contribution >= 4 is 35.1 Å². The van der Waals surface area contributed by atoms with E-state index < -0.39 is 0 Å². The van der Waals surface area contributed by atoms with Gasteiger partial charge < -0.3 is 0 Å². The molecule has 0 fully saturated rings. The van der Waals surface area contributed by atoms with E-state index in [-0.39, 0.29) is 19.9 Å². The van der Waals surface area contributed by atoms with Crippen LogP contribution in [0.4, 0.5) is 0 Å². The molecule has 46 heavy (non-hydrogen) atoms. The Morgan fingerprint density at radius 1 is 0.478 bits per heavy atom. The van der Waals surface area contributed by atoms with Crippen LogP contribution in [0.25, 0.3) is 76.0 Å². The standard InChI is InChI=1S/C41H28N4Se/c1-41(2)33-16-10-9-15-30(33)32-24-29(19-21-34(32)41)39-44-37(26-11-5-3-6-12-26)43-38(45-39)28-18-17-25-20-22-35-36(31(25)23-28)46-40(42-35)27-13-7-4-8-14-27/h3-24H,1-2H3. The maximum atomic E-state index is 5.13. The number of nitrogens with zero attached hydrogens (tertiary/aromatic N) is 4. The van der Waals surface area contributed by atoms with E-state index in [2.05, 4.69) is 129 Å². The van der Waals surface area contributed by atoms with E-state index in [9.17, 15) is 0 Å². The van der Waals surface area contributed by atoms with Gasteiger partial charge in [0.15, 0.2) is 0 Å². The third kappa shape index (κ3) is 4.35. The monoisotopic (exact) mass is 656 g/mol. The van der Waals surface area contributed by atoms with Gasteiger partial charge in [-0.15, -0.1) is 0 Å². The Hall–Kier alpha value is -5.22. The molecule has 0 radical (unpaired) electrons. The molecule has 0 aliphatic heterocycles. The molecule has 1 aliphatic carbocycles. The summed E-state index contributed by atoms with van der Waals surface area (Å²) in [6.07, 6.45) is 0. The van der Waals surface area contributed by atoms with Gasteiger partial charge in [-0.1, -0.05) is 32.0 Å². The first-order valence-electron chi connectivity index (χ1n) is 15.5. The quantitative estimate of drug-likeness (QED) is 0.177. The molecule has 8 aromatic rings. The Morgan fingerprint density at radius 3 is 1.83 bits per heavy atom. The molecule has 4 nitrogen and oxygen atoms in total. The van der Waals surface area contributed by atoms with Crippen molar-refractivity contribution in [2.45, 2.75) is 19.3 Å². The SMILES string of the molecule is CC1(C)c2ccccc2-c2cc(-c3nc(-c4ccccc4)nc(-c4ccc5ccc6nc(-c7ccccc7)[se]c6c5c4)n3)ccc21. The van der Waals surface area contributed by atoms with Crippen LogP contribution in [0.1, 0.15) is 25.0 Å². The maximum absolute atomic E-state index is 5.13. The van der Waals surface area contributed by atoms with Crippen LogP contribution in [-0.4, -0.2) is 34.4 Å². The number of hydrogen-bond acceptors (Lipinski definition) is 4. The van der Waals surface area contributed by atoms with Crippen LogP contribution in [0, 0.1) is 0 Å². The second-order valence-corrected chi connectivity index (χ2v) is 14.4. The van der Waals surface area contributed by atoms with Crippen molar-refractivity contribution in [3.63, 3.8) is 0 Å². The molecule has 0 saturated heterocycles. The van der Waals surface area contributed by atoms with Crippen LogP contribution >= 0.6 is 0 Å². The molecule has 0 spiro atoms. The zero-order valence-electron chi connectivity index (χ0n) is 25.4. The molecule has 0 saturated carbocycles. The summed E-state index contributed by atoms with van der Waals surface area (Å²) in [5.74, 6) is 2.00. The topological polar surface area (TPSA) is 51.6 Å².